The second-order valence-corrected chi connectivity index (χ2v) is 6.30. The Kier molecular flexibility index (Phi) is 3.12. The lowest BCUT2D eigenvalue weighted by Gasteiger charge is -2.40. The lowest BCUT2D eigenvalue weighted by molar-refractivity contribution is -0.215. The number of hydrogen-bond acceptors (Lipinski definition) is 4. The van der Waals surface area contributed by atoms with Gasteiger partial charge in [0.2, 0.25) is 5.89 Å². The second-order valence-electron chi connectivity index (χ2n) is 5.19. The molecule has 3 nitrogen and oxygen atoms in total. The number of aromatic nitrogens is 2. The molecule has 3 rings (SSSR count). The number of hydrogen-bond donors (Lipinski definition) is 0. The Morgan fingerprint density at radius 1 is 1.40 bits per heavy atom. The van der Waals surface area contributed by atoms with Crippen LogP contribution in [0.1, 0.15) is 41.4 Å². The highest BCUT2D eigenvalue weighted by molar-refractivity contribution is 7.10. The van der Waals surface area contributed by atoms with Crippen molar-refractivity contribution in [2.45, 2.75) is 44.2 Å². The van der Waals surface area contributed by atoms with Crippen molar-refractivity contribution in [2.75, 3.05) is 0 Å². The Morgan fingerprint density at radius 3 is 2.65 bits per heavy atom. The quantitative estimate of drug-likeness (QED) is 0.859. The summed E-state index contributed by atoms with van der Waals surface area (Å²) in [6, 6.07) is 1.97. The SMILES string of the molecule is Cc1cc(Cc2nc(C3(C(F)(F)F)CCC3)no2)cs1. The van der Waals surface area contributed by atoms with Gasteiger partial charge in [0.25, 0.3) is 0 Å². The molecule has 1 aliphatic carbocycles. The maximum Gasteiger partial charge on any atom is 0.401 e. The first-order valence-corrected chi connectivity index (χ1v) is 7.22. The molecule has 2 heterocycles. The molecule has 2 aromatic heterocycles. The smallest absolute Gasteiger partial charge is 0.339 e. The summed E-state index contributed by atoms with van der Waals surface area (Å²) in [6.45, 7) is 1.97. The summed E-state index contributed by atoms with van der Waals surface area (Å²) in [5.74, 6) is 0.0338. The fourth-order valence-corrected chi connectivity index (χ4v) is 3.16. The normalized spacial score (nSPS) is 18.0. The third-order valence-electron chi connectivity index (χ3n) is 3.79. The van der Waals surface area contributed by atoms with E-state index in [1.54, 1.807) is 11.3 Å². The summed E-state index contributed by atoms with van der Waals surface area (Å²) in [6.07, 6.45) is -3.29. The van der Waals surface area contributed by atoms with E-state index < -0.39 is 11.6 Å². The molecule has 2 aromatic rings. The number of alkyl halides is 3. The van der Waals surface area contributed by atoms with Crippen molar-refractivity contribution in [3.05, 3.63) is 33.6 Å². The molecular formula is C13H13F3N2OS. The van der Waals surface area contributed by atoms with Gasteiger partial charge in [-0.2, -0.15) is 18.2 Å². The van der Waals surface area contributed by atoms with Gasteiger partial charge in [-0.05, 0) is 36.8 Å². The predicted octanol–water partition coefficient (Wildman–Crippen LogP) is 4.01. The Labute approximate surface area is 117 Å². The van der Waals surface area contributed by atoms with E-state index in [9.17, 15) is 13.2 Å². The number of nitrogens with zero attached hydrogens (tertiary/aromatic N) is 2. The number of thiophene rings is 1. The van der Waals surface area contributed by atoms with Crippen molar-refractivity contribution in [1.29, 1.82) is 0 Å². The average Bonchev–Trinajstić information content (AvgIpc) is 2.85. The fraction of sp³-hybridized carbons (Fsp3) is 0.538. The van der Waals surface area contributed by atoms with Crippen molar-refractivity contribution in [2.24, 2.45) is 0 Å². The lowest BCUT2D eigenvalue weighted by atomic mass is 9.67. The van der Waals surface area contributed by atoms with Crippen molar-refractivity contribution in [3.63, 3.8) is 0 Å². The van der Waals surface area contributed by atoms with Crippen LogP contribution in [0.15, 0.2) is 16.0 Å². The molecule has 0 N–H and O–H groups in total. The van der Waals surface area contributed by atoms with Gasteiger partial charge >= 0.3 is 6.18 Å². The minimum atomic E-state index is -4.31. The molecule has 0 bridgehead atoms. The summed E-state index contributed by atoms with van der Waals surface area (Å²) in [5.41, 5.74) is -0.906. The second kappa shape index (κ2) is 4.58. The van der Waals surface area contributed by atoms with Gasteiger partial charge in [-0.1, -0.05) is 11.6 Å². The maximum atomic E-state index is 13.2. The Balaban J connectivity index is 1.83. The van der Waals surface area contributed by atoms with E-state index >= 15 is 0 Å². The standard InChI is InChI=1S/C13H13F3N2OS/c1-8-5-9(7-20-8)6-10-17-11(18-19-10)12(3-2-4-12)13(14,15)16/h5,7H,2-4,6H2,1H3. The molecule has 1 fully saturated rings. The minimum absolute atomic E-state index is 0.0486. The molecule has 20 heavy (non-hydrogen) atoms. The molecule has 1 saturated carbocycles. The van der Waals surface area contributed by atoms with Crippen LogP contribution < -0.4 is 0 Å². The van der Waals surface area contributed by atoms with Crippen LogP contribution in [0.25, 0.3) is 0 Å². The highest BCUT2D eigenvalue weighted by atomic mass is 32.1. The molecule has 0 saturated heterocycles. The van der Waals surface area contributed by atoms with Gasteiger partial charge in [0.05, 0.1) is 6.42 Å². The topological polar surface area (TPSA) is 38.9 Å². The van der Waals surface area contributed by atoms with Gasteiger partial charge < -0.3 is 4.52 Å². The molecule has 0 unspecified atom stereocenters. The largest absolute Gasteiger partial charge is 0.401 e. The first kappa shape index (κ1) is 13.6. The Hall–Kier alpha value is -1.37. The Morgan fingerprint density at radius 2 is 2.15 bits per heavy atom. The third-order valence-corrected chi connectivity index (χ3v) is 4.70. The molecule has 108 valence electrons. The summed E-state index contributed by atoms with van der Waals surface area (Å²) >= 11 is 1.59. The van der Waals surface area contributed by atoms with Gasteiger partial charge in [-0.3, -0.25) is 0 Å². The number of rotatable bonds is 3. The van der Waals surface area contributed by atoms with E-state index in [1.165, 1.54) is 0 Å². The van der Waals surface area contributed by atoms with Gasteiger partial charge in [-0.15, -0.1) is 11.3 Å². The van der Waals surface area contributed by atoms with Crippen molar-refractivity contribution < 1.29 is 17.7 Å². The van der Waals surface area contributed by atoms with Crippen LogP contribution in [-0.2, 0) is 11.8 Å². The molecule has 0 atom stereocenters. The highest BCUT2D eigenvalue weighted by Crippen LogP contribution is 2.53. The minimum Gasteiger partial charge on any atom is -0.339 e. The first-order valence-electron chi connectivity index (χ1n) is 6.34. The monoisotopic (exact) mass is 302 g/mol. The Bertz CT molecular complexity index is 613. The zero-order valence-electron chi connectivity index (χ0n) is 10.8. The van der Waals surface area contributed by atoms with Crippen molar-refractivity contribution in [3.8, 4) is 0 Å². The highest BCUT2D eigenvalue weighted by Gasteiger charge is 2.62. The van der Waals surface area contributed by atoms with Gasteiger partial charge in [-0.25, -0.2) is 0 Å². The molecule has 7 heteroatoms. The fourth-order valence-electron chi connectivity index (χ4n) is 2.45. The van der Waals surface area contributed by atoms with E-state index in [0.717, 1.165) is 10.4 Å². The molecular weight excluding hydrogens is 289 g/mol. The van der Waals surface area contributed by atoms with Crippen molar-refractivity contribution >= 4 is 11.3 Å². The average molecular weight is 302 g/mol. The summed E-state index contributed by atoms with van der Waals surface area (Å²) in [4.78, 5) is 5.13. The zero-order chi connectivity index (χ0) is 14.4. The van der Waals surface area contributed by atoms with Crippen LogP contribution in [0, 0.1) is 6.92 Å². The summed E-state index contributed by atoms with van der Waals surface area (Å²) in [7, 11) is 0. The van der Waals surface area contributed by atoms with Crippen LogP contribution in [-0.4, -0.2) is 16.3 Å². The zero-order valence-corrected chi connectivity index (χ0v) is 11.6. The molecule has 0 aromatic carbocycles. The summed E-state index contributed by atoms with van der Waals surface area (Å²) < 4.78 is 44.5. The number of halogens is 3. The maximum absolute atomic E-state index is 13.2. The lowest BCUT2D eigenvalue weighted by Crippen LogP contribution is -2.48. The van der Waals surface area contributed by atoms with E-state index in [-0.39, 0.29) is 24.6 Å². The van der Waals surface area contributed by atoms with Crippen LogP contribution in [0.2, 0.25) is 0 Å². The molecule has 1 aliphatic rings. The van der Waals surface area contributed by atoms with Crippen LogP contribution in [0.4, 0.5) is 13.2 Å². The van der Waals surface area contributed by atoms with Gasteiger partial charge in [0.15, 0.2) is 5.82 Å². The van der Waals surface area contributed by atoms with E-state index in [4.69, 9.17) is 4.52 Å². The van der Waals surface area contributed by atoms with Gasteiger partial charge in [0.1, 0.15) is 5.41 Å². The number of aryl methyl sites for hydroxylation is 1. The van der Waals surface area contributed by atoms with Crippen LogP contribution >= 0.6 is 11.3 Å². The van der Waals surface area contributed by atoms with E-state index in [2.05, 4.69) is 10.1 Å². The molecule has 0 spiro atoms. The van der Waals surface area contributed by atoms with Crippen LogP contribution in [0.5, 0.6) is 0 Å². The van der Waals surface area contributed by atoms with Gasteiger partial charge in [0, 0.05) is 4.88 Å². The molecule has 0 aliphatic heterocycles. The van der Waals surface area contributed by atoms with Crippen molar-refractivity contribution in [1.82, 2.24) is 10.1 Å². The van der Waals surface area contributed by atoms with E-state index in [1.807, 2.05) is 18.4 Å². The first-order chi connectivity index (χ1) is 9.41. The predicted molar refractivity (Wildman–Crippen MR) is 67.7 cm³/mol. The van der Waals surface area contributed by atoms with E-state index in [0.29, 0.717) is 12.8 Å². The van der Waals surface area contributed by atoms with Crippen LogP contribution in [0.3, 0.4) is 0 Å². The molecule has 0 amide bonds. The molecule has 0 radical (unpaired) electrons. The third kappa shape index (κ3) is 2.13. The summed E-state index contributed by atoms with van der Waals surface area (Å²) in [5, 5.41) is 5.52.